The lowest BCUT2D eigenvalue weighted by molar-refractivity contribution is 0.771. The van der Waals surface area contributed by atoms with Crippen molar-refractivity contribution < 1.29 is 0 Å². The Morgan fingerprint density at radius 2 is 2.12 bits per heavy atom. The molecule has 2 rings (SSSR count). The fourth-order valence-electron chi connectivity index (χ4n) is 1.54. The lowest BCUT2D eigenvalue weighted by Gasteiger charge is -2.05. The molecule has 0 spiro atoms. The molecule has 0 amide bonds. The van der Waals surface area contributed by atoms with E-state index in [0.717, 1.165) is 11.3 Å². The summed E-state index contributed by atoms with van der Waals surface area (Å²) in [5, 5.41) is 14.1. The van der Waals surface area contributed by atoms with Crippen LogP contribution in [0, 0.1) is 11.3 Å². The molecule has 6 heteroatoms. The predicted molar refractivity (Wildman–Crippen MR) is 71.1 cm³/mol. The first-order chi connectivity index (χ1) is 8.04. The maximum atomic E-state index is 8.91. The minimum atomic E-state index is 0.327. The van der Waals surface area contributed by atoms with E-state index >= 15 is 0 Å². The molecule has 17 heavy (non-hydrogen) atoms. The summed E-state index contributed by atoms with van der Waals surface area (Å²) in [6, 6.07) is 7.21. The van der Waals surface area contributed by atoms with Crippen molar-refractivity contribution >= 4 is 39.1 Å². The highest BCUT2D eigenvalue weighted by Gasteiger charge is 2.17. The second kappa shape index (κ2) is 4.69. The minimum Gasteiger partial charge on any atom is -0.265 e. The molecule has 0 saturated carbocycles. The fraction of sp³-hybridized carbons (Fsp3) is 0.0909. The van der Waals surface area contributed by atoms with E-state index in [-0.39, 0.29) is 0 Å². The standard InChI is InChI=1S/C11H6BrCl2N3/c1-17-11(10(12)9(5-15)16-17)7-3-2-6(13)4-8(7)14/h2-4H,1H3. The first-order valence-electron chi connectivity index (χ1n) is 4.62. The Balaban J connectivity index is 2.69. The number of rotatable bonds is 1. The Morgan fingerprint density at radius 1 is 1.41 bits per heavy atom. The minimum absolute atomic E-state index is 0.327. The molecule has 0 bridgehead atoms. The molecule has 0 unspecified atom stereocenters. The summed E-state index contributed by atoms with van der Waals surface area (Å²) < 4.78 is 2.24. The van der Waals surface area contributed by atoms with Crippen LogP contribution in [0.5, 0.6) is 0 Å². The molecule has 0 N–H and O–H groups in total. The number of benzene rings is 1. The SMILES string of the molecule is Cn1nc(C#N)c(Br)c1-c1ccc(Cl)cc1Cl. The van der Waals surface area contributed by atoms with Crippen molar-refractivity contribution in [2.75, 3.05) is 0 Å². The van der Waals surface area contributed by atoms with Gasteiger partial charge in [0.15, 0.2) is 5.69 Å². The molecule has 1 aromatic heterocycles. The van der Waals surface area contributed by atoms with E-state index in [0.29, 0.717) is 20.2 Å². The van der Waals surface area contributed by atoms with Gasteiger partial charge in [0.2, 0.25) is 0 Å². The van der Waals surface area contributed by atoms with Crippen molar-refractivity contribution in [1.82, 2.24) is 9.78 Å². The number of nitriles is 1. The number of aryl methyl sites for hydroxylation is 1. The monoisotopic (exact) mass is 329 g/mol. The Kier molecular flexibility index (Phi) is 3.43. The molecular formula is C11H6BrCl2N3. The zero-order valence-electron chi connectivity index (χ0n) is 8.71. The average molecular weight is 331 g/mol. The normalized spacial score (nSPS) is 10.3. The number of hydrogen-bond donors (Lipinski definition) is 0. The summed E-state index contributed by atoms with van der Waals surface area (Å²) in [6.07, 6.45) is 0. The second-order valence-corrected chi connectivity index (χ2v) is 5.01. The molecule has 0 aliphatic carbocycles. The Hall–Kier alpha value is -1.02. The van der Waals surface area contributed by atoms with Crippen LogP contribution in [0.25, 0.3) is 11.3 Å². The molecule has 0 radical (unpaired) electrons. The zero-order valence-corrected chi connectivity index (χ0v) is 11.8. The van der Waals surface area contributed by atoms with E-state index < -0.39 is 0 Å². The van der Waals surface area contributed by atoms with Crippen molar-refractivity contribution in [3.8, 4) is 17.3 Å². The van der Waals surface area contributed by atoms with Gasteiger partial charge in [-0.2, -0.15) is 10.4 Å². The molecule has 0 atom stereocenters. The summed E-state index contributed by atoms with van der Waals surface area (Å²) in [4.78, 5) is 0. The van der Waals surface area contributed by atoms with Crippen molar-refractivity contribution in [2.24, 2.45) is 7.05 Å². The third-order valence-corrected chi connectivity index (χ3v) is 3.58. The number of aromatic nitrogens is 2. The van der Waals surface area contributed by atoms with E-state index in [9.17, 15) is 0 Å². The zero-order chi connectivity index (χ0) is 12.6. The maximum Gasteiger partial charge on any atom is 0.177 e. The van der Waals surface area contributed by atoms with E-state index in [4.69, 9.17) is 28.5 Å². The molecule has 0 aliphatic rings. The molecule has 0 aliphatic heterocycles. The lowest BCUT2D eigenvalue weighted by Crippen LogP contribution is -1.94. The number of nitrogens with zero attached hydrogens (tertiary/aromatic N) is 3. The van der Waals surface area contributed by atoms with Crippen LogP contribution in [0.1, 0.15) is 5.69 Å². The van der Waals surface area contributed by atoms with Crippen LogP contribution in [-0.2, 0) is 7.05 Å². The van der Waals surface area contributed by atoms with Crippen molar-refractivity contribution in [2.45, 2.75) is 0 Å². The van der Waals surface area contributed by atoms with Crippen LogP contribution < -0.4 is 0 Å². The van der Waals surface area contributed by atoms with E-state index in [1.807, 2.05) is 6.07 Å². The maximum absolute atomic E-state index is 8.91. The van der Waals surface area contributed by atoms with Crippen molar-refractivity contribution in [3.63, 3.8) is 0 Å². The van der Waals surface area contributed by atoms with Crippen LogP contribution in [0.15, 0.2) is 22.7 Å². The van der Waals surface area contributed by atoms with Gasteiger partial charge in [-0.3, -0.25) is 4.68 Å². The highest BCUT2D eigenvalue weighted by molar-refractivity contribution is 9.10. The summed E-state index contributed by atoms with van der Waals surface area (Å²) in [5.74, 6) is 0. The van der Waals surface area contributed by atoms with Crippen LogP contribution in [0.3, 0.4) is 0 Å². The van der Waals surface area contributed by atoms with Gasteiger partial charge in [-0.15, -0.1) is 0 Å². The van der Waals surface area contributed by atoms with Gasteiger partial charge in [0.05, 0.1) is 15.2 Å². The van der Waals surface area contributed by atoms with Crippen LogP contribution in [-0.4, -0.2) is 9.78 Å². The second-order valence-electron chi connectivity index (χ2n) is 3.37. The van der Waals surface area contributed by atoms with Gasteiger partial charge in [-0.1, -0.05) is 23.2 Å². The average Bonchev–Trinajstić information content (AvgIpc) is 2.55. The molecule has 0 fully saturated rings. The highest BCUT2D eigenvalue weighted by atomic mass is 79.9. The molecule has 0 saturated heterocycles. The van der Waals surface area contributed by atoms with Crippen molar-refractivity contribution in [1.29, 1.82) is 5.26 Å². The van der Waals surface area contributed by atoms with E-state index in [2.05, 4.69) is 21.0 Å². The smallest absolute Gasteiger partial charge is 0.177 e. The molecule has 1 aromatic carbocycles. The summed E-state index contributed by atoms with van der Waals surface area (Å²) in [6.45, 7) is 0. The van der Waals surface area contributed by atoms with Crippen molar-refractivity contribution in [3.05, 3.63) is 38.4 Å². The van der Waals surface area contributed by atoms with Gasteiger partial charge >= 0.3 is 0 Å². The third-order valence-electron chi connectivity index (χ3n) is 2.28. The third kappa shape index (κ3) is 2.19. The van der Waals surface area contributed by atoms with Gasteiger partial charge < -0.3 is 0 Å². The number of halogens is 3. The van der Waals surface area contributed by atoms with Gasteiger partial charge in [-0.05, 0) is 34.1 Å². The first-order valence-corrected chi connectivity index (χ1v) is 6.17. The summed E-state index contributed by atoms with van der Waals surface area (Å²) in [7, 11) is 1.76. The number of hydrogen-bond acceptors (Lipinski definition) is 2. The van der Waals surface area contributed by atoms with Gasteiger partial charge in [-0.25, -0.2) is 0 Å². The predicted octanol–water partition coefficient (Wildman–Crippen LogP) is 4.03. The lowest BCUT2D eigenvalue weighted by atomic mass is 10.1. The first kappa shape index (κ1) is 12.4. The molecular weight excluding hydrogens is 325 g/mol. The molecule has 2 aromatic rings. The Labute approximate surface area is 117 Å². The Bertz CT molecular complexity index is 628. The fourth-order valence-corrected chi connectivity index (χ4v) is 2.68. The summed E-state index contributed by atoms with van der Waals surface area (Å²) >= 11 is 15.3. The van der Waals surface area contributed by atoms with Gasteiger partial charge in [0, 0.05) is 17.6 Å². The van der Waals surface area contributed by atoms with Crippen LogP contribution in [0.2, 0.25) is 10.0 Å². The van der Waals surface area contributed by atoms with E-state index in [1.54, 1.807) is 29.9 Å². The van der Waals surface area contributed by atoms with E-state index in [1.165, 1.54) is 0 Å². The molecule has 3 nitrogen and oxygen atoms in total. The van der Waals surface area contributed by atoms with Gasteiger partial charge in [0.1, 0.15) is 6.07 Å². The quantitative estimate of drug-likeness (QED) is 0.792. The largest absolute Gasteiger partial charge is 0.265 e. The van der Waals surface area contributed by atoms with Crippen LogP contribution >= 0.6 is 39.1 Å². The topological polar surface area (TPSA) is 41.6 Å². The Morgan fingerprint density at radius 3 is 2.65 bits per heavy atom. The molecule has 1 heterocycles. The highest BCUT2D eigenvalue weighted by Crippen LogP contribution is 2.35. The van der Waals surface area contributed by atoms with Crippen LogP contribution in [0.4, 0.5) is 0 Å². The van der Waals surface area contributed by atoms with Gasteiger partial charge in [0.25, 0.3) is 0 Å². The molecule has 86 valence electrons. The summed E-state index contributed by atoms with van der Waals surface area (Å²) in [5.41, 5.74) is 1.86.